The van der Waals surface area contributed by atoms with E-state index in [9.17, 15) is 4.79 Å². The molecule has 1 aromatic carbocycles. The van der Waals surface area contributed by atoms with Gasteiger partial charge in [-0.3, -0.25) is 4.79 Å². The Kier molecular flexibility index (Phi) is 8.33. The third-order valence-electron chi connectivity index (χ3n) is 5.47. The van der Waals surface area contributed by atoms with Crippen LogP contribution in [0.1, 0.15) is 59.4 Å². The van der Waals surface area contributed by atoms with Crippen molar-refractivity contribution >= 4 is 5.91 Å². The Morgan fingerprint density at radius 3 is 2.24 bits per heavy atom. The third kappa shape index (κ3) is 8.22. The van der Waals surface area contributed by atoms with Crippen molar-refractivity contribution in [1.29, 1.82) is 0 Å². The van der Waals surface area contributed by atoms with Gasteiger partial charge in [0.1, 0.15) is 5.75 Å². The summed E-state index contributed by atoms with van der Waals surface area (Å²) in [5.41, 5.74) is 1.81. The van der Waals surface area contributed by atoms with Crippen molar-refractivity contribution in [3.63, 3.8) is 0 Å². The van der Waals surface area contributed by atoms with Crippen LogP contribution in [0.15, 0.2) is 36.4 Å². The predicted molar refractivity (Wildman–Crippen MR) is 121 cm³/mol. The van der Waals surface area contributed by atoms with Crippen LogP contribution in [0, 0.1) is 5.41 Å². The van der Waals surface area contributed by atoms with E-state index in [1.807, 2.05) is 11.0 Å². The number of allylic oxidation sites excluding steroid dienone is 1. The summed E-state index contributed by atoms with van der Waals surface area (Å²) in [5, 5.41) is 0. The number of likely N-dealkylation sites (N-methyl/N-ethyl adjacent to an activating group) is 1. The van der Waals surface area contributed by atoms with Gasteiger partial charge in [0, 0.05) is 26.2 Å². The molecular formula is C25H40N2O2. The summed E-state index contributed by atoms with van der Waals surface area (Å²) in [6.45, 7) is 15.7. The number of carbonyl (C=O) groups excluding carboxylic acids is 1. The molecule has 0 bridgehead atoms. The first kappa shape index (κ1) is 23.5. The van der Waals surface area contributed by atoms with Gasteiger partial charge in [0.25, 0.3) is 0 Å². The zero-order chi connectivity index (χ0) is 21.5. The minimum absolute atomic E-state index is 0.132. The van der Waals surface area contributed by atoms with Crippen LogP contribution in [-0.4, -0.2) is 55.5 Å². The third-order valence-corrected chi connectivity index (χ3v) is 5.47. The van der Waals surface area contributed by atoms with E-state index in [0.29, 0.717) is 12.0 Å². The van der Waals surface area contributed by atoms with E-state index in [1.165, 1.54) is 5.56 Å². The highest BCUT2D eigenvalue weighted by molar-refractivity contribution is 5.87. The molecule has 1 aliphatic rings. The molecule has 0 radical (unpaired) electrons. The first-order chi connectivity index (χ1) is 13.6. The van der Waals surface area contributed by atoms with Crippen molar-refractivity contribution in [3.8, 4) is 5.75 Å². The number of hydrogen-bond acceptors (Lipinski definition) is 3. The van der Waals surface area contributed by atoms with Crippen LogP contribution in [0.5, 0.6) is 5.75 Å². The molecule has 0 N–H and O–H groups in total. The molecule has 162 valence electrons. The molecule has 1 fully saturated rings. The normalized spacial score (nSPS) is 16.4. The predicted octanol–water partition coefficient (Wildman–Crippen LogP) is 4.89. The van der Waals surface area contributed by atoms with E-state index >= 15 is 0 Å². The maximum Gasteiger partial charge on any atom is 0.246 e. The van der Waals surface area contributed by atoms with Gasteiger partial charge < -0.3 is 14.5 Å². The van der Waals surface area contributed by atoms with Crippen LogP contribution < -0.4 is 4.74 Å². The van der Waals surface area contributed by atoms with E-state index in [0.717, 1.165) is 51.2 Å². The summed E-state index contributed by atoms with van der Waals surface area (Å²) in [7, 11) is 2.10. The number of unbranched alkanes of at least 4 members (excludes halogenated alkanes) is 1. The number of rotatable bonds is 8. The molecule has 1 aromatic rings. The number of piperazine rings is 1. The van der Waals surface area contributed by atoms with Crippen LogP contribution in [0.4, 0.5) is 0 Å². The average molecular weight is 401 g/mol. The number of benzene rings is 1. The van der Waals surface area contributed by atoms with E-state index < -0.39 is 0 Å². The Hall–Kier alpha value is -1.81. The molecule has 1 amide bonds. The molecule has 29 heavy (non-hydrogen) atoms. The Morgan fingerprint density at radius 1 is 1.03 bits per heavy atom. The number of hydrogen-bond donors (Lipinski definition) is 0. The second kappa shape index (κ2) is 10.3. The zero-order valence-corrected chi connectivity index (χ0v) is 19.3. The molecule has 0 unspecified atom stereocenters. The topological polar surface area (TPSA) is 32.8 Å². The summed E-state index contributed by atoms with van der Waals surface area (Å²) in [6.07, 6.45) is 6.60. The van der Waals surface area contributed by atoms with Gasteiger partial charge in [-0.15, -0.1) is 0 Å². The molecule has 4 nitrogen and oxygen atoms in total. The first-order valence-corrected chi connectivity index (χ1v) is 10.9. The number of ether oxygens (including phenoxy) is 1. The van der Waals surface area contributed by atoms with Crippen molar-refractivity contribution in [2.24, 2.45) is 5.41 Å². The molecule has 0 aromatic heterocycles. The Bertz CT molecular complexity index is 663. The molecule has 0 saturated carbocycles. The van der Waals surface area contributed by atoms with Gasteiger partial charge in [0.05, 0.1) is 6.61 Å². The van der Waals surface area contributed by atoms with Gasteiger partial charge in [-0.1, -0.05) is 52.8 Å². The van der Waals surface area contributed by atoms with Gasteiger partial charge in [0.15, 0.2) is 0 Å². The summed E-state index contributed by atoms with van der Waals surface area (Å²) in [4.78, 5) is 16.3. The summed E-state index contributed by atoms with van der Waals surface area (Å²) < 4.78 is 5.88. The smallest absolute Gasteiger partial charge is 0.246 e. The van der Waals surface area contributed by atoms with Crippen molar-refractivity contribution < 1.29 is 9.53 Å². The molecule has 0 atom stereocenters. The van der Waals surface area contributed by atoms with Crippen LogP contribution in [-0.2, 0) is 10.2 Å². The summed E-state index contributed by atoms with van der Waals surface area (Å²) in [5.74, 6) is 1.05. The zero-order valence-electron chi connectivity index (χ0n) is 19.3. The standard InChI is InChI=1S/C25H40N2O2/c1-24(2,3)20-25(4,5)21-11-13-22(14-12-21)29-19-9-7-8-10-23(28)27-17-15-26(6)16-18-27/h8,10-14H,7,9,15-20H2,1-6H3/b10-8+. The Morgan fingerprint density at radius 2 is 1.66 bits per heavy atom. The van der Waals surface area contributed by atoms with E-state index in [4.69, 9.17) is 4.74 Å². The summed E-state index contributed by atoms with van der Waals surface area (Å²) >= 11 is 0. The number of carbonyl (C=O) groups is 1. The fourth-order valence-electron chi connectivity index (χ4n) is 4.14. The lowest BCUT2D eigenvalue weighted by atomic mass is 9.72. The minimum atomic E-state index is 0.132. The lowest BCUT2D eigenvalue weighted by molar-refractivity contribution is -0.127. The molecular weight excluding hydrogens is 360 g/mol. The molecule has 4 heteroatoms. The number of nitrogens with zero attached hydrogens (tertiary/aromatic N) is 2. The highest BCUT2D eigenvalue weighted by Crippen LogP contribution is 2.36. The maximum atomic E-state index is 12.1. The lowest BCUT2D eigenvalue weighted by Crippen LogP contribution is -2.46. The fraction of sp³-hybridized carbons (Fsp3) is 0.640. The highest BCUT2D eigenvalue weighted by Gasteiger charge is 2.27. The highest BCUT2D eigenvalue weighted by atomic mass is 16.5. The molecule has 1 heterocycles. The molecule has 1 saturated heterocycles. The van der Waals surface area contributed by atoms with Gasteiger partial charge >= 0.3 is 0 Å². The van der Waals surface area contributed by atoms with Gasteiger partial charge in [-0.25, -0.2) is 0 Å². The summed E-state index contributed by atoms with van der Waals surface area (Å²) in [6, 6.07) is 8.53. The second-order valence-corrected chi connectivity index (χ2v) is 10.2. The molecule has 1 aliphatic heterocycles. The SMILES string of the molecule is CN1CCN(C(=O)/C=C/CCCOc2ccc(C(C)(C)CC(C)(C)C)cc2)CC1. The fourth-order valence-corrected chi connectivity index (χ4v) is 4.14. The van der Waals surface area contributed by atoms with Crippen molar-refractivity contribution in [2.45, 2.75) is 59.3 Å². The minimum Gasteiger partial charge on any atom is -0.494 e. The van der Waals surface area contributed by atoms with Gasteiger partial charge in [0.2, 0.25) is 5.91 Å². The van der Waals surface area contributed by atoms with Crippen molar-refractivity contribution in [1.82, 2.24) is 9.80 Å². The number of amides is 1. The maximum absolute atomic E-state index is 12.1. The lowest BCUT2D eigenvalue weighted by Gasteiger charge is -2.33. The van der Waals surface area contributed by atoms with Crippen LogP contribution in [0.2, 0.25) is 0 Å². The Balaban J connectivity index is 1.69. The van der Waals surface area contributed by atoms with Crippen LogP contribution >= 0.6 is 0 Å². The van der Waals surface area contributed by atoms with Gasteiger partial charge in [-0.2, -0.15) is 0 Å². The van der Waals surface area contributed by atoms with Crippen molar-refractivity contribution in [2.75, 3.05) is 39.8 Å². The van der Waals surface area contributed by atoms with Crippen LogP contribution in [0.3, 0.4) is 0 Å². The van der Waals surface area contributed by atoms with E-state index in [2.05, 4.69) is 70.8 Å². The molecule has 0 aliphatic carbocycles. The largest absolute Gasteiger partial charge is 0.494 e. The average Bonchev–Trinajstić information content (AvgIpc) is 2.63. The molecule has 0 spiro atoms. The van der Waals surface area contributed by atoms with E-state index in [1.54, 1.807) is 6.08 Å². The second-order valence-electron chi connectivity index (χ2n) is 10.2. The molecule has 2 rings (SSSR count). The monoisotopic (exact) mass is 400 g/mol. The van der Waals surface area contributed by atoms with Crippen molar-refractivity contribution in [3.05, 3.63) is 42.0 Å². The van der Waals surface area contributed by atoms with Gasteiger partial charge in [-0.05, 0) is 60.9 Å². The first-order valence-electron chi connectivity index (χ1n) is 10.9. The van der Waals surface area contributed by atoms with Crippen LogP contribution in [0.25, 0.3) is 0 Å². The quantitative estimate of drug-likeness (QED) is 0.460. The Labute approximate surface area is 177 Å². The van der Waals surface area contributed by atoms with E-state index in [-0.39, 0.29) is 11.3 Å².